The summed E-state index contributed by atoms with van der Waals surface area (Å²) in [6.07, 6.45) is 3.91. The van der Waals surface area contributed by atoms with E-state index < -0.39 is 7.92 Å². The van der Waals surface area contributed by atoms with Gasteiger partial charge in [0.1, 0.15) is 24.0 Å². The number of aromatic nitrogens is 2. The summed E-state index contributed by atoms with van der Waals surface area (Å²) in [6.45, 7) is 9.82. The second-order valence-electron chi connectivity index (χ2n) is 11.8. The summed E-state index contributed by atoms with van der Waals surface area (Å²) >= 11 is 10.4. The Labute approximate surface area is 274 Å². The number of likely N-dealkylation sites (N-methyl/N-ethyl adjacent to an activating group) is 1. The van der Waals surface area contributed by atoms with Gasteiger partial charge in [0.2, 0.25) is 5.95 Å². The van der Waals surface area contributed by atoms with Crippen molar-refractivity contribution in [3.8, 4) is 17.2 Å². The Balaban J connectivity index is 1.17. The molecule has 3 aliphatic rings. The molecule has 13 heteroatoms. The number of likely N-dealkylation sites (tertiary alicyclic amines) is 1. The van der Waals surface area contributed by atoms with Crippen LogP contribution in [0.25, 0.3) is 0 Å². The SMILES string of the molecule is COc1cc(N2CCC(N3CC(N(C)C)C3)CC2)c(Br)cc1Nc1ncc(Cl)c(Nc2ccc3c(c2P(C)C)OCCO3)n1. The quantitative estimate of drug-likeness (QED) is 0.269. The molecule has 0 amide bonds. The predicted molar refractivity (Wildman–Crippen MR) is 184 cm³/mol. The summed E-state index contributed by atoms with van der Waals surface area (Å²) in [5.74, 6) is 3.17. The summed E-state index contributed by atoms with van der Waals surface area (Å²) in [5, 5.41) is 8.25. The lowest BCUT2D eigenvalue weighted by molar-refractivity contribution is 0.0188. The van der Waals surface area contributed by atoms with E-state index in [1.807, 2.05) is 18.2 Å². The van der Waals surface area contributed by atoms with Gasteiger partial charge >= 0.3 is 0 Å². The number of nitrogens with zero attached hydrogens (tertiary/aromatic N) is 5. The molecule has 44 heavy (non-hydrogen) atoms. The lowest BCUT2D eigenvalue weighted by Gasteiger charge is -2.49. The van der Waals surface area contributed by atoms with Gasteiger partial charge in [-0.15, -0.1) is 0 Å². The first kappa shape index (κ1) is 31.4. The van der Waals surface area contributed by atoms with Gasteiger partial charge in [0, 0.05) is 54.1 Å². The standard InChI is InChI=1S/C31H40BrClN7O3P/c1-38(2)20-17-40(18-20)19-8-10-39(11-9-19)25-15-27(41-3)24(14-21(25)32)36-31-34-16-22(33)30(37-31)35-23-6-7-26-28(29(23)44(4)5)43-13-12-42-26/h6-7,14-16,19-20H,8-13,17-18H2,1-5H3,(H2,34,35,36,37). The molecular weight excluding hydrogens is 665 g/mol. The zero-order chi connectivity index (χ0) is 31.0. The Kier molecular flexibility index (Phi) is 9.59. The zero-order valence-corrected chi connectivity index (χ0v) is 29.1. The van der Waals surface area contributed by atoms with Crippen LogP contribution >= 0.6 is 35.5 Å². The van der Waals surface area contributed by atoms with Crippen molar-refractivity contribution >= 4 is 69.6 Å². The predicted octanol–water partition coefficient (Wildman–Crippen LogP) is 5.74. The summed E-state index contributed by atoms with van der Waals surface area (Å²) in [6, 6.07) is 9.37. The van der Waals surface area contributed by atoms with Gasteiger partial charge in [0.05, 0.1) is 30.4 Å². The van der Waals surface area contributed by atoms with Crippen molar-refractivity contribution in [3.63, 3.8) is 0 Å². The molecule has 10 nitrogen and oxygen atoms in total. The average Bonchev–Trinajstić information content (AvgIpc) is 2.98. The highest BCUT2D eigenvalue weighted by atomic mass is 79.9. The van der Waals surface area contributed by atoms with Crippen LogP contribution in [0.2, 0.25) is 5.02 Å². The third-order valence-corrected chi connectivity index (χ3v) is 10.8. The van der Waals surface area contributed by atoms with Gasteiger partial charge in [-0.1, -0.05) is 19.5 Å². The maximum atomic E-state index is 6.57. The molecular formula is C31H40BrClN7O3P. The van der Waals surface area contributed by atoms with Gasteiger partial charge in [-0.05, 0) is 74.4 Å². The first-order valence-corrected chi connectivity index (χ1v) is 18.3. The van der Waals surface area contributed by atoms with Gasteiger partial charge in [0.25, 0.3) is 0 Å². The maximum Gasteiger partial charge on any atom is 0.229 e. The largest absolute Gasteiger partial charge is 0.494 e. The topological polar surface area (TPSA) is 87.3 Å². The number of ether oxygens (including phenoxy) is 3. The summed E-state index contributed by atoms with van der Waals surface area (Å²) in [5.41, 5.74) is 2.77. The van der Waals surface area contributed by atoms with Crippen LogP contribution in [0.3, 0.4) is 0 Å². The Morgan fingerprint density at radius 1 is 1.07 bits per heavy atom. The minimum atomic E-state index is -0.511. The lowest BCUT2D eigenvalue weighted by Crippen LogP contribution is -2.62. The minimum Gasteiger partial charge on any atom is -0.494 e. The minimum absolute atomic E-state index is 0.399. The Bertz CT molecular complexity index is 1500. The fraction of sp³-hybridized carbons (Fsp3) is 0.484. The van der Waals surface area contributed by atoms with Crippen LogP contribution in [-0.4, -0.2) is 106 Å². The van der Waals surface area contributed by atoms with Crippen LogP contribution in [0.4, 0.5) is 28.8 Å². The fourth-order valence-corrected chi connectivity index (χ4v) is 7.97. The van der Waals surface area contributed by atoms with Gasteiger partial charge in [-0.25, -0.2) is 4.98 Å². The smallest absolute Gasteiger partial charge is 0.229 e. The first-order valence-electron chi connectivity index (χ1n) is 14.9. The number of hydrogen-bond donors (Lipinski definition) is 2. The molecule has 236 valence electrons. The van der Waals surface area contributed by atoms with E-state index in [9.17, 15) is 0 Å². The van der Waals surface area contributed by atoms with E-state index >= 15 is 0 Å². The van der Waals surface area contributed by atoms with Crippen molar-refractivity contribution < 1.29 is 14.2 Å². The van der Waals surface area contributed by atoms with Crippen LogP contribution in [0.15, 0.2) is 34.9 Å². The number of methoxy groups -OCH3 is 1. The molecule has 2 fully saturated rings. The molecule has 0 aliphatic carbocycles. The van der Waals surface area contributed by atoms with Crippen LogP contribution < -0.4 is 35.0 Å². The summed E-state index contributed by atoms with van der Waals surface area (Å²) in [4.78, 5) is 16.6. The first-order chi connectivity index (χ1) is 21.2. The van der Waals surface area contributed by atoms with Crippen molar-refractivity contribution in [1.29, 1.82) is 0 Å². The molecule has 0 radical (unpaired) electrons. The van der Waals surface area contributed by atoms with Crippen molar-refractivity contribution in [2.24, 2.45) is 0 Å². The van der Waals surface area contributed by atoms with Crippen molar-refractivity contribution in [1.82, 2.24) is 19.8 Å². The lowest BCUT2D eigenvalue weighted by atomic mass is 9.96. The molecule has 4 heterocycles. The highest BCUT2D eigenvalue weighted by Crippen LogP contribution is 2.43. The zero-order valence-electron chi connectivity index (χ0n) is 25.9. The Hall–Kier alpha value is -2.56. The van der Waals surface area contributed by atoms with E-state index in [0.717, 1.165) is 64.3 Å². The molecule has 0 atom stereocenters. The third kappa shape index (κ3) is 6.53. The van der Waals surface area contributed by atoms with Gasteiger partial charge in [0.15, 0.2) is 17.3 Å². The number of fused-ring (bicyclic) bond motifs is 1. The number of hydrogen-bond acceptors (Lipinski definition) is 10. The monoisotopic (exact) mass is 703 g/mol. The molecule has 3 aromatic rings. The number of nitrogens with one attached hydrogen (secondary N) is 2. The highest BCUT2D eigenvalue weighted by Gasteiger charge is 2.35. The molecule has 3 aliphatic heterocycles. The number of halogens is 2. The molecule has 0 spiro atoms. The van der Waals surface area contributed by atoms with Crippen LogP contribution in [0.5, 0.6) is 17.2 Å². The van der Waals surface area contributed by atoms with E-state index in [1.165, 1.54) is 13.1 Å². The third-order valence-electron chi connectivity index (χ3n) is 8.58. The average molecular weight is 705 g/mol. The van der Waals surface area contributed by atoms with Crippen molar-refractivity contribution in [2.45, 2.75) is 24.9 Å². The molecule has 2 saturated heterocycles. The molecule has 2 aromatic carbocycles. The maximum absolute atomic E-state index is 6.57. The van der Waals surface area contributed by atoms with Crippen molar-refractivity contribution in [2.75, 3.05) is 89.5 Å². The van der Waals surface area contributed by atoms with E-state index in [1.54, 1.807) is 13.3 Å². The Morgan fingerprint density at radius 3 is 2.52 bits per heavy atom. The highest BCUT2D eigenvalue weighted by molar-refractivity contribution is 9.10. The number of piperidine rings is 1. The normalized spacial score (nSPS) is 17.6. The van der Waals surface area contributed by atoms with Crippen LogP contribution in [0, 0.1) is 0 Å². The summed E-state index contributed by atoms with van der Waals surface area (Å²) in [7, 11) is 5.52. The molecule has 2 N–H and O–H groups in total. The molecule has 6 rings (SSSR count). The Morgan fingerprint density at radius 2 is 1.82 bits per heavy atom. The van der Waals surface area contributed by atoms with Gasteiger partial charge < -0.3 is 34.6 Å². The summed E-state index contributed by atoms with van der Waals surface area (Å²) < 4.78 is 18.6. The van der Waals surface area contributed by atoms with Crippen LogP contribution in [0.1, 0.15) is 12.8 Å². The van der Waals surface area contributed by atoms with Gasteiger partial charge in [-0.3, -0.25) is 4.90 Å². The number of anilines is 5. The second kappa shape index (κ2) is 13.4. The van der Waals surface area contributed by atoms with E-state index in [4.69, 9.17) is 30.8 Å². The van der Waals surface area contributed by atoms with E-state index in [2.05, 4.69) is 79.7 Å². The van der Waals surface area contributed by atoms with Crippen LogP contribution in [-0.2, 0) is 0 Å². The second-order valence-corrected chi connectivity index (χ2v) is 15.3. The van der Waals surface area contributed by atoms with Crippen molar-refractivity contribution in [3.05, 3.63) is 40.0 Å². The number of benzene rings is 2. The molecule has 1 aromatic heterocycles. The number of rotatable bonds is 9. The van der Waals surface area contributed by atoms with E-state index in [-0.39, 0.29) is 0 Å². The van der Waals surface area contributed by atoms with Gasteiger partial charge in [-0.2, -0.15) is 4.98 Å². The molecule has 0 saturated carbocycles. The fourth-order valence-electron chi connectivity index (χ4n) is 6.05. The molecule has 0 bridgehead atoms. The van der Waals surface area contributed by atoms with E-state index in [0.29, 0.717) is 47.8 Å². The molecule has 0 unspecified atom stereocenters.